The van der Waals surface area contributed by atoms with Crippen LogP contribution in [0.3, 0.4) is 0 Å². The van der Waals surface area contributed by atoms with E-state index in [1.54, 1.807) is 13.0 Å². The number of urea groups is 1. The lowest BCUT2D eigenvalue weighted by Crippen LogP contribution is -2.53. The summed E-state index contributed by atoms with van der Waals surface area (Å²) in [5.41, 5.74) is -0.656. The molecule has 1 atom stereocenters. The van der Waals surface area contributed by atoms with Gasteiger partial charge < -0.3 is 15.7 Å². The Morgan fingerprint density at radius 1 is 1.14 bits per heavy atom. The third kappa shape index (κ3) is 3.31. The molecule has 21 heavy (non-hydrogen) atoms. The highest BCUT2D eigenvalue weighted by Crippen LogP contribution is 2.19. The predicted molar refractivity (Wildman–Crippen MR) is 82.4 cm³/mol. The Kier molecular flexibility index (Phi) is 4.12. The van der Waals surface area contributed by atoms with Crippen LogP contribution in [0.15, 0.2) is 42.5 Å². The number of amides is 2. The summed E-state index contributed by atoms with van der Waals surface area (Å²) in [6.45, 7) is 3.19. The Morgan fingerprint density at radius 2 is 1.81 bits per heavy atom. The van der Waals surface area contributed by atoms with Crippen molar-refractivity contribution in [2.75, 3.05) is 5.32 Å². The van der Waals surface area contributed by atoms with Crippen molar-refractivity contribution in [2.45, 2.75) is 25.8 Å². The molecule has 0 heterocycles. The molecular formula is C16H18N2O3. The molecule has 0 saturated carbocycles. The number of nitrogens with one attached hydrogen (secondary N) is 2. The first-order valence-electron chi connectivity index (χ1n) is 6.76. The van der Waals surface area contributed by atoms with Gasteiger partial charge in [0, 0.05) is 5.69 Å². The van der Waals surface area contributed by atoms with Crippen LogP contribution in [0.4, 0.5) is 10.5 Å². The highest BCUT2D eigenvalue weighted by atomic mass is 16.4. The molecule has 2 aromatic carbocycles. The van der Waals surface area contributed by atoms with Crippen LogP contribution in [0.25, 0.3) is 10.8 Å². The highest BCUT2D eigenvalue weighted by molar-refractivity contribution is 5.96. The average molecular weight is 286 g/mol. The first-order valence-corrected chi connectivity index (χ1v) is 6.76. The van der Waals surface area contributed by atoms with Gasteiger partial charge >= 0.3 is 12.0 Å². The molecular weight excluding hydrogens is 268 g/mol. The smallest absolute Gasteiger partial charge is 0.329 e. The second-order valence-corrected chi connectivity index (χ2v) is 5.13. The Morgan fingerprint density at radius 3 is 2.43 bits per heavy atom. The van der Waals surface area contributed by atoms with Crippen molar-refractivity contribution in [3.05, 3.63) is 42.5 Å². The van der Waals surface area contributed by atoms with Gasteiger partial charge in [-0.2, -0.15) is 0 Å². The van der Waals surface area contributed by atoms with Crippen LogP contribution in [0.1, 0.15) is 20.3 Å². The van der Waals surface area contributed by atoms with Crippen LogP contribution in [-0.2, 0) is 4.79 Å². The van der Waals surface area contributed by atoms with Crippen LogP contribution < -0.4 is 10.6 Å². The van der Waals surface area contributed by atoms with Gasteiger partial charge in [0.1, 0.15) is 5.54 Å². The third-order valence-electron chi connectivity index (χ3n) is 3.58. The van der Waals surface area contributed by atoms with E-state index in [1.165, 1.54) is 6.92 Å². The number of aliphatic carboxylic acids is 1. The maximum absolute atomic E-state index is 11.9. The number of carbonyl (C=O) groups is 2. The standard InChI is InChI=1S/C16H18N2O3/c1-3-16(2,14(19)20)18-15(21)17-13-9-8-11-6-4-5-7-12(11)10-13/h4-10H,3H2,1-2H3,(H,19,20)(H2,17,18,21). The van der Waals surface area contributed by atoms with Crippen LogP contribution in [0.2, 0.25) is 0 Å². The minimum Gasteiger partial charge on any atom is -0.480 e. The van der Waals surface area contributed by atoms with Crippen molar-refractivity contribution in [3.63, 3.8) is 0 Å². The zero-order valence-electron chi connectivity index (χ0n) is 12.0. The topological polar surface area (TPSA) is 78.4 Å². The van der Waals surface area contributed by atoms with Crippen LogP contribution in [-0.4, -0.2) is 22.6 Å². The van der Waals surface area contributed by atoms with E-state index in [0.717, 1.165) is 10.8 Å². The number of rotatable bonds is 4. The van der Waals surface area contributed by atoms with E-state index in [1.807, 2.05) is 36.4 Å². The first kappa shape index (κ1) is 14.8. The molecule has 1 unspecified atom stereocenters. The Labute approximate surface area is 123 Å². The number of hydrogen-bond donors (Lipinski definition) is 3. The molecule has 0 radical (unpaired) electrons. The van der Waals surface area contributed by atoms with Crippen molar-refractivity contribution >= 4 is 28.5 Å². The minimum atomic E-state index is -1.28. The molecule has 3 N–H and O–H groups in total. The molecule has 0 aliphatic rings. The molecule has 0 spiro atoms. The Hall–Kier alpha value is -2.56. The number of benzene rings is 2. The zero-order chi connectivity index (χ0) is 15.5. The van der Waals surface area contributed by atoms with Gasteiger partial charge in [0.15, 0.2) is 0 Å². The van der Waals surface area contributed by atoms with Gasteiger partial charge in [-0.15, -0.1) is 0 Å². The monoisotopic (exact) mass is 286 g/mol. The quantitative estimate of drug-likeness (QED) is 0.807. The van der Waals surface area contributed by atoms with Gasteiger partial charge in [-0.3, -0.25) is 0 Å². The zero-order valence-corrected chi connectivity index (χ0v) is 12.0. The van der Waals surface area contributed by atoms with E-state index >= 15 is 0 Å². The van der Waals surface area contributed by atoms with Gasteiger partial charge in [-0.25, -0.2) is 9.59 Å². The largest absolute Gasteiger partial charge is 0.480 e. The fourth-order valence-electron chi connectivity index (χ4n) is 1.97. The first-order chi connectivity index (χ1) is 9.94. The van der Waals surface area contributed by atoms with Crippen molar-refractivity contribution in [2.24, 2.45) is 0 Å². The van der Waals surface area contributed by atoms with Crippen molar-refractivity contribution in [3.8, 4) is 0 Å². The summed E-state index contributed by atoms with van der Waals surface area (Å²) in [5.74, 6) is -1.06. The molecule has 2 aromatic rings. The maximum Gasteiger partial charge on any atom is 0.329 e. The molecule has 5 nitrogen and oxygen atoms in total. The number of hydrogen-bond acceptors (Lipinski definition) is 2. The second kappa shape index (κ2) is 5.83. The Balaban J connectivity index is 2.12. The van der Waals surface area contributed by atoms with Crippen LogP contribution in [0, 0.1) is 0 Å². The van der Waals surface area contributed by atoms with Gasteiger partial charge in [0.05, 0.1) is 0 Å². The molecule has 2 amide bonds. The van der Waals surface area contributed by atoms with Crippen LogP contribution >= 0.6 is 0 Å². The van der Waals surface area contributed by atoms with Gasteiger partial charge in [0.25, 0.3) is 0 Å². The molecule has 2 rings (SSSR count). The highest BCUT2D eigenvalue weighted by Gasteiger charge is 2.32. The molecule has 0 aliphatic heterocycles. The summed E-state index contributed by atoms with van der Waals surface area (Å²) < 4.78 is 0. The van der Waals surface area contributed by atoms with E-state index in [0.29, 0.717) is 12.1 Å². The summed E-state index contributed by atoms with van der Waals surface area (Å²) in [5, 5.41) is 16.4. The van der Waals surface area contributed by atoms with E-state index in [4.69, 9.17) is 5.11 Å². The minimum absolute atomic E-state index is 0.299. The fourth-order valence-corrected chi connectivity index (χ4v) is 1.97. The number of fused-ring (bicyclic) bond motifs is 1. The fraction of sp³-hybridized carbons (Fsp3) is 0.250. The van der Waals surface area contributed by atoms with E-state index in [2.05, 4.69) is 10.6 Å². The van der Waals surface area contributed by atoms with Crippen LogP contribution in [0.5, 0.6) is 0 Å². The SMILES string of the molecule is CCC(C)(NC(=O)Nc1ccc2ccccc2c1)C(=O)O. The van der Waals surface area contributed by atoms with Gasteiger partial charge in [-0.1, -0.05) is 37.3 Å². The van der Waals surface area contributed by atoms with Gasteiger partial charge in [0.2, 0.25) is 0 Å². The summed E-state index contributed by atoms with van der Waals surface area (Å²) in [6, 6.07) is 12.8. The number of carbonyl (C=O) groups excluding carboxylic acids is 1. The summed E-state index contributed by atoms with van der Waals surface area (Å²) in [7, 11) is 0. The average Bonchev–Trinajstić information content (AvgIpc) is 2.46. The second-order valence-electron chi connectivity index (χ2n) is 5.13. The van der Waals surface area contributed by atoms with E-state index in [9.17, 15) is 9.59 Å². The molecule has 0 bridgehead atoms. The Bertz CT molecular complexity index is 684. The lowest BCUT2D eigenvalue weighted by Gasteiger charge is -2.24. The summed E-state index contributed by atoms with van der Waals surface area (Å²) >= 11 is 0. The number of carboxylic acids is 1. The van der Waals surface area contributed by atoms with Crippen molar-refractivity contribution in [1.82, 2.24) is 5.32 Å². The van der Waals surface area contributed by atoms with Gasteiger partial charge in [-0.05, 0) is 36.2 Å². The van der Waals surface area contributed by atoms with E-state index < -0.39 is 17.5 Å². The maximum atomic E-state index is 11.9. The lowest BCUT2D eigenvalue weighted by molar-refractivity contribution is -0.143. The van der Waals surface area contributed by atoms with Crippen molar-refractivity contribution < 1.29 is 14.7 Å². The number of anilines is 1. The summed E-state index contributed by atoms with van der Waals surface area (Å²) in [6.07, 6.45) is 0.299. The molecule has 0 aromatic heterocycles. The van der Waals surface area contributed by atoms with E-state index in [-0.39, 0.29) is 0 Å². The number of carboxylic acid groups (broad SMARTS) is 1. The molecule has 110 valence electrons. The normalized spacial score (nSPS) is 13.4. The molecule has 0 fully saturated rings. The predicted octanol–water partition coefficient (Wildman–Crippen LogP) is 3.21. The third-order valence-corrected chi connectivity index (χ3v) is 3.58. The van der Waals surface area contributed by atoms with Crippen molar-refractivity contribution in [1.29, 1.82) is 0 Å². The summed E-state index contributed by atoms with van der Waals surface area (Å²) in [4.78, 5) is 23.1. The molecule has 5 heteroatoms. The molecule has 0 saturated heterocycles. The lowest BCUT2D eigenvalue weighted by atomic mass is 10.00. The molecule has 0 aliphatic carbocycles.